The van der Waals surface area contributed by atoms with E-state index in [2.05, 4.69) is 20.4 Å². The van der Waals surface area contributed by atoms with Gasteiger partial charge >= 0.3 is 18.2 Å². The summed E-state index contributed by atoms with van der Waals surface area (Å²) in [6, 6.07) is 39.6. The van der Waals surface area contributed by atoms with Crippen LogP contribution in [0.5, 0.6) is 0 Å². The Labute approximate surface area is 421 Å². The second-order valence-corrected chi connectivity index (χ2v) is 19.2. The molecule has 0 aromatic heterocycles. The Kier molecular flexibility index (Phi) is 16.2. The molecule has 0 radical (unpaired) electrons. The molecule has 73 heavy (non-hydrogen) atoms. The molecule has 2 unspecified atom stereocenters. The van der Waals surface area contributed by atoms with E-state index in [1.807, 2.05) is 66.7 Å². The van der Waals surface area contributed by atoms with Crippen molar-refractivity contribution in [1.82, 2.24) is 20.4 Å². The fourth-order valence-electron chi connectivity index (χ4n) is 8.47. The summed E-state index contributed by atoms with van der Waals surface area (Å²) >= 11 is 0. The van der Waals surface area contributed by atoms with Crippen LogP contribution in [0.3, 0.4) is 0 Å². The van der Waals surface area contributed by atoms with E-state index in [9.17, 15) is 32.4 Å². The molecule has 378 valence electrons. The summed E-state index contributed by atoms with van der Waals surface area (Å²) in [5, 5.41) is 25.8. The summed E-state index contributed by atoms with van der Waals surface area (Å²) in [6.07, 6.45) is -0.659. The van der Waals surface area contributed by atoms with Crippen LogP contribution in [0.25, 0.3) is 21.5 Å². The van der Waals surface area contributed by atoms with E-state index < -0.39 is 34.3 Å². The van der Waals surface area contributed by atoms with E-state index in [0.717, 1.165) is 54.0 Å². The number of hydrogen-bond donors (Lipinski definition) is 4. The molecule has 6 aromatic rings. The van der Waals surface area contributed by atoms with Crippen molar-refractivity contribution in [2.75, 3.05) is 82.1 Å². The molecule has 4 amide bonds. The van der Waals surface area contributed by atoms with E-state index in [4.69, 9.17) is 29.2 Å². The van der Waals surface area contributed by atoms with Crippen molar-refractivity contribution in [1.29, 1.82) is 10.8 Å². The van der Waals surface area contributed by atoms with E-state index in [0.29, 0.717) is 59.7 Å². The van der Waals surface area contributed by atoms with Gasteiger partial charge in [0.05, 0.1) is 32.9 Å². The van der Waals surface area contributed by atoms with Crippen molar-refractivity contribution < 1.29 is 50.8 Å². The van der Waals surface area contributed by atoms with Crippen molar-refractivity contribution >= 4 is 84.7 Å². The number of methoxy groups -OCH3 is 1. The minimum absolute atomic E-state index is 0.0164. The first kappa shape index (κ1) is 51.3. The van der Waals surface area contributed by atoms with Crippen LogP contribution in [0.4, 0.5) is 21.0 Å². The lowest BCUT2D eigenvalue weighted by Gasteiger charge is -2.35. The Bertz CT molecular complexity index is 3160. The predicted molar refractivity (Wildman–Crippen MR) is 275 cm³/mol. The zero-order valence-corrected chi connectivity index (χ0v) is 40.9. The molecule has 0 saturated carbocycles. The van der Waals surface area contributed by atoms with E-state index >= 15 is 0 Å². The van der Waals surface area contributed by atoms with E-state index in [-0.39, 0.29) is 42.8 Å². The van der Waals surface area contributed by atoms with Gasteiger partial charge in [-0.3, -0.25) is 44.1 Å². The third-order valence-electron chi connectivity index (χ3n) is 12.4. The lowest BCUT2D eigenvalue weighted by Crippen LogP contribution is -2.49. The highest BCUT2D eigenvalue weighted by molar-refractivity contribution is 7.86. The number of amides is 4. The van der Waals surface area contributed by atoms with Crippen molar-refractivity contribution in [3.8, 4) is 0 Å². The van der Waals surface area contributed by atoms with Gasteiger partial charge < -0.3 is 29.7 Å². The monoisotopic (exact) mass is 1010 g/mol. The summed E-state index contributed by atoms with van der Waals surface area (Å²) in [6.45, 7) is 5.04. The number of piperazine rings is 1. The van der Waals surface area contributed by atoms with Crippen LogP contribution in [0.2, 0.25) is 0 Å². The number of nitrogens with one attached hydrogen (secondary N) is 4. The summed E-state index contributed by atoms with van der Waals surface area (Å²) in [5.74, 6) is -1.04. The number of ether oxygens (including phenoxy) is 3. The van der Waals surface area contributed by atoms with Gasteiger partial charge in [-0.2, -0.15) is 8.42 Å². The van der Waals surface area contributed by atoms with Crippen LogP contribution in [0.15, 0.2) is 133 Å². The van der Waals surface area contributed by atoms with Crippen LogP contribution in [0, 0.1) is 10.8 Å². The molecule has 20 heteroatoms. The van der Waals surface area contributed by atoms with Gasteiger partial charge in [-0.15, -0.1) is 0 Å². The molecule has 9 rings (SSSR count). The summed E-state index contributed by atoms with van der Waals surface area (Å²) in [5.41, 5.74) is 3.10. The minimum Gasteiger partial charge on any atom is -0.469 e. The number of esters is 1. The number of fused-ring (bicyclic) bond motifs is 2. The van der Waals surface area contributed by atoms with Crippen LogP contribution < -0.4 is 20.4 Å². The molecular weight excluding hydrogens is 957 g/mol. The maximum absolute atomic E-state index is 12.7. The number of carbonyl (C=O) groups is 5. The number of hydrogen-bond acceptors (Lipinski definition) is 15. The zero-order chi connectivity index (χ0) is 51.6. The molecule has 3 aliphatic rings. The van der Waals surface area contributed by atoms with Gasteiger partial charge in [0.15, 0.2) is 0 Å². The smallest absolute Gasteiger partial charge is 0.414 e. The van der Waals surface area contributed by atoms with Crippen LogP contribution >= 0.6 is 0 Å². The fraction of sp³-hybridized carbons (Fsp3) is 0.264. The number of nitrogens with zero attached hydrogens (tertiary/aromatic N) is 4. The number of carbonyl (C=O) groups excluding carboxylic acids is 5. The first-order chi connectivity index (χ1) is 35.1. The molecule has 3 saturated heterocycles. The van der Waals surface area contributed by atoms with Gasteiger partial charge in [-0.05, 0) is 94.3 Å². The van der Waals surface area contributed by atoms with Crippen LogP contribution in [-0.2, 0) is 33.3 Å². The first-order valence-corrected chi connectivity index (χ1v) is 25.2. The number of anilines is 2. The van der Waals surface area contributed by atoms with Crippen molar-refractivity contribution in [2.45, 2.75) is 18.6 Å². The molecular formula is C53H54N8O11S. The summed E-state index contributed by atoms with van der Waals surface area (Å²) < 4.78 is 42.4. The molecule has 0 aliphatic carbocycles. The highest BCUT2D eigenvalue weighted by Crippen LogP contribution is 2.25. The SMILES string of the molecule is COC(=O)CCN1CCN(CC2CN(c3ccc(C(=N)NC(=O)c4ccc5ccccc5c4)cc3)C(=O)O2)CC1.CS(=O)(=O)OCC1CN(c2ccc(C(=N)NC(=O)c3ccc4ccccc4c3)cc2)C(=O)O1. The molecule has 3 aliphatic heterocycles. The molecule has 2 atom stereocenters. The van der Waals surface area contributed by atoms with E-state index in [1.54, 1.807) is 71.6 Å². The van der Waals surface area contributed by atoms with Crippen LogP contribution in [-0.4, -0.2) is 144 Å². The summed E-state index contributed by atoms with van der Waals surface area (Å²) in [4.78, 5) is 68.9. The molecule has 0 spiro atoms. The maximum Gasteiger partial charge on any atom is 0.414 e. The Morgan fingerprint density at radius 2 is 1.03 bits per heavy atom. The molecule has 4 N–H and O–H groups in total. The highest BCUT2D eigenvalue weighted by Gasteiger charge is 2.35. The Morgan fingerprint density at radius 1 is 0.603 bits per heavy atom. The topological polar surface area (TPSA) is 241 Å². The van der Waals surface area contributed by atoms with Gasteiger partial charge in [-0.1, -0.05) is 60.7 Å². The Hall–Kier alpha value is -8.04. The standard InChI is InChI=1S/C30H33N5O5.C23H21N3O6S/c1-39-27(36)12-13-33-14-16-34(17-15-33)19-26-20-35(30(38)40-26)25-10-8-22(9-11-25)28(31)32-29(37)24-7-6-21-4-2-3-5-23(21)18-24;1-33(29,30)31-14-20-13-26(23(28)32-20)19-10-8-16(9-11-19)21(24)25-22(27)18-7-6-15-4-2-3-5-17(15)12-18/h2-11,18,26H,12-17,19-20H2,1H3,(H2,31,32,37);2-12,20H,13-14H2,1H3,(H2,24,25,27). The number of benzene rings is 6. The second-order valence-electron chi connectivity index (χ2n) is 17.6. The first-order valence-electron chi connectivity index (χ1n) is 23.4. The average molecular weight is 1010 g/mol. The predicted octanol–water partition coefficient (Wildman–Crippen LogP) is 6.00. The lowest BCUT2D eigenvalue weighted by atomic mass is 10.1. The second kappa shape index (κ2) is 23.0. The largest absolute Gasteiger partial charge is 0.469 e. The van der Waals surface area contributed by atoms with Crippen molar-refractivity contribution in [2.24, 2.45) is 0 Å². The molecule has 19 nitrogen and oxygen atoms in total. The lowest BCUT2D eigenvalue weighted by molar-refractivity contribution is -0.141. The number of amidine groups is 2. The highest BCUT2D eigenvalue weighted by atomic mass is 32.2. The average Bonchev–Trinajstić information content (AvgIpc) is 3.97. The molecule has 3 fully saturated rings. The number of cyclic esters (lactones) is 2. The third-order valence-corrected chi connectivity index (χ3v) is 13.0. The summed E-state index contributed by atoms with van der Waals surface area (Å²) in [7, 11) is -2.23. The maximum atomic E-state index is 12.7. The normalized spacial score (nSPS) is 17.1. The third kappa shape index (κ3) is 13.5. The molecule has 3 heterocycles. The Morgan fingerprint density at radius 3 is 1.49 bits per heavy atom. The van der Waals surface area contributed by atoms with Crippen molar-refractivity contribution in [3.05, 3.63) is 156 Å². The van der Waals surface area contributed by atoms with Gasteiger partial charge in [-0.25, -0.2) is 9.59 Å². The molecule has 0 bridgehead atoms. The van der Waals surface area contributed by atoms with Crippen LogP contribution in [0.1, 0.15) is 38.3 Å². The zero-order valence-electron chi connectivity index (χ0n) is 40.1. The van der Waals surface area contributed by atoms with Crippen molar-refractivity contribution in [3.63, 3.8) is 0 Å². The number of rotatable bonds is 14. The van der Waals surface area contributed by atoms with Gasteiger partial charge in [0.1, 0.15) is 30.5 Å². The van der Waals surface area contributed by atoms with Gasteiger partial charge in [0, 0.05) is 72.9 Å². The van der Waals surface area contributed by atoms with E-state index in [1.165, 1.54) is 12.0 Å². The van der Waals surface area contributed by atoms with Gasteiger partial charge in [0.2, 0.25) is 0 Å². The van der Waals surface area contributed by atoms with Gasteiger partial charge in [0.25, 0.3) is 21.9 Å². The molecule has 6 aromatic carbocycles. The minimum atomic E-state index is -3.64. The fourth-order valence-corrected chi connectivity index (χ4v) is 8.87. The Balaban J connectivity index is 0.000000199. The quantitative estimate of drug-likeness (QED) is 0.0322.